The number of carbonyl (C=O) groups is 3. The third-order valence-electron chi connectivity index (χ3n) is 7.80. The van der Waals surface area contributed by atoms with Gasteiger partial charge in [-0.3, -0.25) is 19.3 Å². The number of alkyl halides is 3. The van der Waals surface area contributed by atoms with Gasteiger partial charge >= 0.3 is 6.18 Å². The van der Waals surface area contributed by atoms with Gasteiger partial charge in [0, 0.05) is 36.2 Å². The number of hydrogen-bond donors (Lipinski definition) is 1. The van der Waals surface area contributed by atoms with Gasteiger partial charge in [0.15, 0.2) is 5.69 Å². The molecule has 3 aromatic rings. The Balaban J connectivity index is 1.68. The summed E-state index contributed by atoms with van der Waals surface area (Å²) in [6.07, 6.45) is -2.64. The van der Waals surface area contributed by atoms with E-state index < -0.39 is 47.2 Å². The van der Waals surface area contributed by atoms with Gasteiger partial charge in [-0.15, -0.1) is 0 Å². The van der Waals surface area contributed by atoms with Crippen molar-refractivity contribution in [2.24, 2.45) is 0 Å². The van der Waals surface area contributed by atoms with Gasteiger partial charge in [0.2, 0.25) is 0 Å². The number of fused-ring (bicyclic) bond motifs is 1. The van der Waals surface area contributed by atoms with Crippen LogP contribution in [0.5, 0.6) is 0 Å². The Labute approximate surface area is 251 Å². The molecule has 2 aliphatic rings. The average Bonchev–Trinajstić information content (AvgIpc) is 3.78. The maximum absolute atomic E-state index is 14.1. The van der Waals surface area contributed by atoms with Crippen molar-refractivity contribution in [3.63, 3.8) is 0 Å². The van der Waals surface area contributed by atoms with Crippen molar-refractivity contribution in [3.05, 3.63) is 82.3 Å². The number of nitriles is 1. The molecule has 1 aliphatic heterocycles. The summed E-state index contributed by atoms with van der Waals surface area (Å²) in [6, 6.07) is 9.57. The van der Waals surface area contributed by atoms with Crippen LogP contribution in [0.15, 0.2) is 48.5 Å². The number of nitrogens with one attached hydrogen (secondary N) is 1. The lowest BCUT2D eigenvalue weighted by atomic mass is 9.80. The molecular formula is C31H30F4N6O3. The molecule has 0 bridgehead atoms. The second kappa shape index (κ2) is 12.1. The molecule has 1 aromatic heterocycles. The van der Waals surface area contributed by atoms with Crippen molar-refractivity contribution in [2.75, 3.05) is 18.0 Å². The van der Waals surface area contributed by atoms with Crippen LogP contribution in [0.1, 0.15) is 76.6 Å². The van der Waals surface area contributed by atoms with Crippen LogP contribution in [0.25, 0.3) is 0 Å². The molecule has 5 rings (SSSR count). The van der Waals surface area contributed by atoms with E-state index in [1.165, 1.54) is 40.1 Å². The Bertz CT molecular complexity index is 1620. The summed E-state index contributed by atoms with van der Waals surface area (Å²) in [4.78, 5) is 44.4. The van der Waals surface area contributed by atoms with Gasteiger partial charge in [-0.2, -0.15) is 23.5 Å². The molecule has 9 nitrogen and oxygen atoms in total. The number of hydrogen-bond acceptors (Lipinski definition) is 5. The van der Waals surface area contributed by atoms with Crippen LogP contribution in [-0.2, 0) is 17.5 Å². The molecule has 2 atom stereocenters. The molecule has 0 radical (unpaired) electrons. The van der Waals surface area contributed by atoms with Gasteiger partial charge in [-0.1, -0.05) is 25.1 Å². The first-order valence-electron chi connectivity index (χ1n) is 14.3. The summed E-state index contributed by atoms with van der Waals surface area (Å²) < 4.78 is 55.8. The van der Waals surface area contributed by atoms with Crippen LogP contribution < -0.4 is 10.2 Å². The highest BCUT2D eigenvalue weighted by molar-refractivity contribution is 6.07. The van der Waals surface area contributed by atoms with E-state index in [0.29, 0.717) is 36.0 Å². The highest BCUT2D eigenvalue weighted by atomic mass is 19.4. The van der Waals surface area contributed by atoms with Gasteiger partial charge in [0.25, 0.3) is 17.7 Å². The number of rotatable bonds is 9. The van der Waals surface area contributed by atoms with E-state index in [1.54, 1.807) is 11.6 Å². The van der Waals surface area contributed by atoms with Gasteiger partial charge in [-0.25, -0.2) is 9.07 Å². The van der Waals surface area contributed by atoms with Gasteiger partial charge in [0.05, 0.1) is 11.6 Å². The fraction of sp³-hybridized carbons (Fsp3) is 0.387. The van der Waals surface area contributed by atoms with E-state index in [-0.39, 0.29) is 30.4 Å². The molecule has 13 heteroatoms. The topological polar surface area (TPSA) is 111 Å². The van der Waals surface area contributed by atoms with Crippen molar-refractivity contribution < 1.29 is 31.9 Å². The Morgan fingerprint density at radius 3 is 2.43 bits per heavy atom. The monoisotopic (exact) mass is 610 g/mol. The molecule has 44 heavy (non-hydrogen) atoms. The molecule has 1 fully saturated rings. The lowest BCUT2D eigenvalue weighted by molar-refractivity contribution is -0.137. The van der Waals surface area contributed by atoms with Crippen LogP contribution in [0, 0.1) is 17.1 Å². The number of likely N-dealkylation sites (N-methyl/N-ethyl adjacent to an activating group) is 1. The lowest BCUT2D eigenvalue weighted by Gasteiger charge is -2.38. The zero-order valence-electron chi connectivity index (χ0n) is 24.1. The van der Waals surface area contributed by atoms with E-state index >= 15 is 0 Å². The Morgan fingerprint density at radius 1 is 1.14 bits per heavy atom. The molecule has 0 spiro atoms. The molecule has 3 amide bonds. The van der Waals surface area contributed by atoms with Crippen molar-refractivity contribution >= 4 is 23.5 Å². The number of benzene rings is 2. The second-order valence-electron chi connectivity index (χ2n) is 10.8. The molecule has 1 saturated carbocycles. The van der Waals surface area contributed by atoms with Gasteiger partial charge < -0.3 is 10.2 Å². The largest absolute Gasteiger partial charge is 0.416 e. The van der Waals surface area contributed by atoms with Gasteiger partial charge in [-0.05, 0) is 62.1 Å². The summed E-state index contributed by atoms with van der Waals surface area (Å²) >= 11 is 0. The molecule has 0 unspecified atom stereocenters. The SMILES string of the molecule is CCCn1nc(C(=O)N(CC#N)C2CC2)c2c1N(CC)C(=O)[C@@H](NC(=O)c1cccc(C(F)(F)F)c1)[C@H]2c1ccc(F)cc1. The fourth-order valence-corrected chi connectivity index (χ4v) is 5.65. The quantitative estimate of drug-likeness (QED) is 0.274. The predicted octanol–water partition coefficient (Wildman–Crippen LogP) is 4.88. The maximum Gasteiger partial charge on any atom is 0.416 e. The summed E-state index contributed by atoms with van der Waals surface area (Å²) in [5, 5.41) is 16.7. The first-order chi connectivity index (χ1) is 21.0. The predicted molar refractivity (Wildman–Crippen MR) is 151 cm³/mol. The summed E-state index contributed by atoms with van der Waals surface area (Å²) in [7, 11) is 0. The average molecular weight is 611 g/mol. The number of amides is 3. The van der Waals surface area contributed by atoms with Crippen molar-refractivity contribution in [3.8, 4) is 6.07 Å². The van der Waals surface area contributed by atoms with Gasteiger partial charge in [0.1, 0.15) is 24.2 Å². The standard InChI is InChI=1S/C31H30F4N6O3/c1-3-15-41-28-24(26(38-41)30(44)40(16-14-36)22-12-13-22)23(18-8-10-21(32)11-9-18)25(29(43)39(28)4-2)37-27(42)19-6-5-7-20(17-19)31(33,34)35/h5-11,17,22-23,25H,3-4,12-13,15-16H2,1-2H3,(H,37,42)/t23-,25-/m0/s1. The molecule has 1 N–H and O–H groups in total. The number of nitrogens with zero attached hydrogens (tertiary/aromatic N) is 5. The molecule has 230 valence electrons. The zero-order valence-corrected chi connectivity index (χ0v) is 24.1. The smallest absolute Gasteiger partial charge is 0.339 e. The third-order valence-corrected chi connectivity index (χ3v) is 7.80. The Kier molecular flexibility index (Phi) is 8.45. The lowest BCUT2D eigenvalue weighted by Crippen LogP contribution is -2.55. The highest BCUT2D eigenvalue weighted by Gasteiger charge is 2.48. The zero-order chi connectivity index (χ0) is 31.8. The second-order valence-corrected chi connectivity index (χ2v) is 10.8. The Morgan fingerprint density at radius 2 is 1.84 bits per heavy atom. The maximum atomic E-state index is 14.1. The van der Waals surface area contributed by atoms with E-state index in [2.05, 4.69) is 10.4 Å². The summed E-state index contributed by atoms with van der Waals surface area (Å²) in [6.45, 7) is 3.91. The van der Waals surface area contributed by atoms with Crippen molar-refractivity contribution in [2.45, 2.75) is 63.8 Å². The van der Waals surface area contributed by atoms with E-state index in [0.717, 1.165) is 25.0 Å². The molecule has 2 aromatic carbocycles. The normalized spacial score (nSPS) is 18.0. The fourth-order valence-electron chi connectivity index (χ4n) is 5.65. The van der Waals surface area contributed by atoms with Crippen LogP contribution in [0.4, 0.5) is 23.4 Å². The highest BCUT2D eigenvalue weighted by Crippen LogP contribution is 2.44. The number of aromatic nitrogens is 2. The summed E-state index contributed by atoms with van der Waals surface area (Å²) in [5.41, 5.74) is -0.650. The molecule has 0 saturated heterocycles. The number of halogens is 4. The number of aryl methyl sites for hydroxylation is 1. The Hall–Kier alpha value is -4.73. The van der Waals surface area contributed by atoms with E-state index in [4.69, 9.17) is 0 Å². The number of anilines is 1. The van der Waals surface area contributed by atoms with Crippen LogP contribution in [-0.4, -0.2) is 57.6 Å². The number of carbonyl (C=O) groups excluding carboxylic acids is 3. The summed E-state index contributed by atoms with van der Waals surface area (Å²) in [5.74, 6) is -3.28. The van der Waals surface area contributed by atoms with Crippen LogP contribution in [0.2, 0.25) is 0 Å². The minimum Gasteiger partial charge on any atom is -0.339 e. The van der Waals surface area contributed by atoms with E-state index in [1.807, 2.05) is 13.0 Å². The molecule has 2 heterocycles. The van der Waals surface area contributed by atoms with E-state index in [9.17, 15) is 37.2 Å². The first-order valence-corrected chi connectivity index (χ1v) is 14.3. The van der Waals surface area contributed by atoms with Crippen LogP contribution in [0.3, 0.4) is 0 Å². The third kappa shape index (κ3) is 5.76. The minimum absolute atomic E-state index is 0.00538. The van der Waals surface area contributed by atoms with Crippen molar-refractivity contribution in [1.29, 1.82) is 5.26 Å². The molecule has 1 aliphatic carbocycles. The first kappa shape index (κ1) is 30.7. The van der Waals surface area contributed by atoms with Crippen LogP contribution >= 0.6 is 0 Å². The van der Waals surface area contributed by atoms with Crippen molar-refractivity contribution in [1.82, 2.24) is 20.0 Å². The minimum atomic E-state index is -4.69. The molecular weight excluding hydrogens is 580 g/mol.